The van der Waals surface area contributed by atoms with Crippen molar-refractivity contribution in [1.29, 1.82) is 0 Å². The van der Waals surface area contributed by atoms with Crippen LogP contribution in [0.4, 0.5) is 0 Å². The number of benzene rings is 1. The SMILES string of the molecule is Cc1sc2ncn(CC(=O)NN=Cc3ccco3)c(=O)c2c1-c1ccccc1. The number of hydrazone groups is 1. The molecule has 4 aromatic rings. The average Bonchev–Trinajstić information content (AvgIpc) is 3.32. The van der Waals surface area contributed by atoms with E-state index in [1.165, 1.54) is 34.7 Å². The summed E-state index contributed by atoms with van der Waals surface area (Å²) in [5.41, 5.74) is 3.95. The lowest BCUT2D eigenvalue weighted by Crippen LogP contribution is -2.30. The van der Waals surface area contributed by atoms with Gasteiger partial charge in [-0.05, 0) is 24.6 Å². The van der Waals surface area contributed by atoms with Crippen LogP contribution < -0.4 is 11.0 Å². The Morgan fingerprint density at radius 1 is 1.29 bits per heavy atom. The molecule has 7 nitrogen and oxygen atoms in total. The first-order valence-corrected chi connectivity index (χ1v) is 9.34. The molecular formula is C20H16N4O3S. The highest BCUT2D eigenvalue weighted by atomic mass is 32.1. The number of rotatable bonds is 5. The lowest BCUT2D eigenvalue weighted by molar-refractivity contribution is -0.121. The number of nitrogens with one attached hydrogen (secondary N) is 1. The number of amides is 1. The predicted molar refractivity (Wildman–Crippen MR) is 108 cm³/mol. The number of nitrogens with zero attached hydrogens (tertiary/aromatic N) is 3. The minimum Gasteiger partial charge on any atom is -0.463 e. The van der Waals surface area contributed by atoms with Crippen LogP contribution in [0.3, 0.4) is 0 Å². The van der Waals surface area contributed by atoms with Gasteiger partial charge in [0.05, 0.1) is 24.2 Å². The average molecular weight is 392 g/mol. The number of hydrogen-bond acceptors (Lipinski definition) is 6. The van der Waals surface area contributed by atoms with Gasteiger partial charge in [-0.1, -0.05) is 30.3 Å². The Hall–Kier alpha value is -3.52. The maximum Gasteiger partial charge on any atom is 0.263 e. The van der Waals surface area contributed by atoms with Crippen molar-refractivity contribution < 1.29 is 9.21 Å². The van der Waals surface area contributed by atoms with Crippen molar-refractivity contribution in [3.8, 4) is 11.1 Å². The predicted octanol–water partition coefficient (Wildman–Crippen LogP) is 3.18. The second-order valence-corrected chi connectivity index (χ2v) is 7.27. The number of aryl methyl sites for hydroxylation is 1. The van der Waals surface area contributed by atoms with E-state index >= 15 is 0 Å². The third kappa shape index (κ3) is 3.49. The second kappa shape index (κ2) is 7.61. The number of hydrogen-bond donors (Lipinski definition) is 1. The van der Waals surface area contributed by atoms with Crippen LogP contribution in [0.25, 0.3) is 21.3 Å². The molecule has 1 aromatic carbocycles. The van der Waals surface area contributed by atoms with Gasteiger partial charge >= 0.3 is 0 Å². The third-order valence-corrected chi connectivity index (χ3v) is 5.17. The zero-order chi connectivity index (χ0) is 19.5. The lowest BCUT2D eigenvalue weighted by Gasteiger charge is -2.05. The molecule has 0 saturated heterocycles. The highest BCUT2D eigenvalue weighted by Gasteiger charge is 2.17. The Morgan fingerprint density at radius 2 is 2.11 bits per heavy atom. The molecule has 140 valence electrons. The van der Waals surface area contributed by atoms with Gasteiger partial charge in [-0.2, -0.15) is 5.10 Å². The molecule has 0 radical (unpaired) electrons. The first-order chi connectivity index (χ1) is 13.6. The number of carbonyl (C=O) groups excluding carboxylic acids is 1. The molecule has 8 heteroatoms. The van der Waals surface area contributed by atoms with Gasteiger partial charge in [0.2, 0.25) is 0 Å². The number of furan rings is 1. The van der Waals surface area contributed by atoms with Crippen molar-refractivity contribution in [3.05, 3.63) is 76.0 Å². The molecule has 0 aliphatic rings. The number of aromatic nitrogens is 2. The van der Waals surface area contributed by atoms with Crippen LogP contribution in [-0.2, 0) is 11.3 Å². The summed E-state index contributed by atoms with van der Waals surface area (Å²) in [5, 5.41) is 4.35. The second-order valence-electron chi connectivity index (χ2n) is 6.07. The van der Waals surface area contributed by atoms with Crippen molar-refractivity contribution in [2.45, 2.75) is 13.5 Å². The fraction of sp³-hybridized carbons (Fsp3) is 0.100. The summed E-state index contributed by atoms with van der Waals surface area (Å²) in [5.74, 6) is 0.0843. The zero-order valence-electron chi connectivity index (χ0n) is 15.0. The van der Waals surface area contributed by atoms with E-state index < -0.39 is 5.91 Å². The maximum absolute atomic E-state index is 13.0. The molecule has 0 aliphatic heterocycles. The lowest BCUT2D eigenvalue weighted by atomic mass is 10.0. The van der Waals surface area contributed by atoms with Crippen LogP contribution in [0.1, 0.15) is 10.6 Å². The molecule has 3 heterocycles. The van der Waals surface area contributed by atoms with Gasteiger partial charge in [0.25, 0.3) is 11.5 Å². The number of carbonyl (C=O) groups is 1. The smallest absolute Gasteiger partial charge is 0.263 e. The van der Waals surface area contributed by atoms with Crippen LogP contribution >= 0.6 is 11.3 Å². The maximum atomic E-state index is 13.0. The largest absolute Gasteiger partial charge is 0.463 e. The van der Waals surface area contributed by atoms with E-state index in [0.29, 0.717) is 16.0 Å². The van der Waals surface area contributed by atoms with Gasteiger partial charge in [0, 0.05) is 10.4 Å². The van der Waals surface area contributed by atoms with Gasteiger partial charge in [-0.15, -0.1) is 11.3 Å². The number of thiophene rings is 1. The molecule has 0 saturated carbocycles. The van der Waals surface area contributed by atoms with Crippen LogP contribution in [0, 0.1) is 6.92 Å². The summed E-state index contributed by atoms with van der Waals surface area (Å²) in [7, 11) is 0. The molecule has 0 spiro atoms. The van der Waals surface area contributed by atoms with Gasteiger partial charge < -0.3 is 4.42 Å². The topological polar surface area (TPSA) is 89.5 Å². The van der Waals surface area contributed by atoms with Gasteiger partial charge in [0.1, 0.15) is 17.1 Å². The highest BCUT2D eigenvalue weighted by Crippen LogP contribution is 2.35. The van der Waals surface area contributed by atoms with Crippen LogP contribution in [-0.4, -0.2) is 21.7 Å². The molecule has 28 heavy (non-hydrogen) atoms. The van der Waals surface area contributed by atoms with Crippen molar-refractivity contribution in [2.75, 3.05) is 0 Å². The first kappa shape index (κ1) is 17.9. The minimum atomic E-state index is -0.431. The van der Waals surface area contributed by atoms with Crippen molar-refractivity contribution in [3.63, 3.8) is 0 Å². The van der Waals surface area contributed by atoms with Crippen LogP contribution in [0.2, 0.25) is 0 Å². The molecule has 0 fully saturated rings. The van der Waals surface area contributed by atoms with E-state index in [2.05, 4.69) is 15.5 Å². The van der Waals surface area contributed by atoms with E-state index in [1.807, 2.05) is 37.3 Å². The summed E-state index contributed by atoms with van der Waals surface area (Å²) in [6, 6.07) is 13.1. The van der Waals surface area contributed by atoms with E-state index in [1.54, 1.807) is 12.1 Å². The fourth-order valence-electron chi connectivity index (χ4n) is 2.93. The number of fused-ring (bicyclic) bond motifs is 1. The fourth-order valence-corrected chi connectivity index (χ4v) is 3.93. The van der Waals surface area contributed by atoms with Gasteiger partial charge in [-0.3, -0.25) is 14.2 Å². The molecule has 0 bridgehead atoms. The van der Waals surface area contributed by atoms with E-state index in [4.69, 9.17) is 4.42 Å². The summed E-state index contributed by atoms with van der Waals surface area (Å²) in [6.07, 6.45) is 4.29. The Balaban J connectivity index is 1.63. The standard InChI is InChI=1S/C20H16N4O3S/c1-13-17(14-6-3-2-4-7-14)18-19(28-13)21-12-24(20(18)26)11-16(25)23-22-10-15-8-5-9-27-15/h2-10,12H,11H2,1H3,(H,23,25). The van der Waals surface area contributed by atoms with Crippen molar-refractivity contribution in [2.24, 2.45) is 5.10 Å². The van der Waals surface area contributed by atoms with E-state index in [9.17, 15) is 9.59 Å². The molecule has 0 aliphatic carbocycles. The molecule has 4 rings (SSSR count). The Bertz CT molecular complexity index is 1210. The normalized spacial score (nSPS) is 11.3. The molecule has 0 unspecified atom stereocenters. The van der Waals surface area contributed by atoms with Crippen LogP contribution in [0.15, 0.2) is 69.4 Å². The molecular weight excluding hydrogens is 376 g/mol. The zero-order valence-corrected chi connectivity index (χ0v) is 15.8. The Kier molecular flexibility index (Phi) is 4.86. The molecule has 1 N–H and O–H groups in total. The summed E-state index contributed by atoms with van der Waals surface area (Å²) in [4.78, 5) is 31.2. The van der Waals surface area contributed by atoms with Crippen LogP contribution in [0.5, 0.6) is 0 Å². The summed E-state index contributed by atoms with van der Waals surface area (Å²) in [6.45, 7) is 1.79. The monoisotopic (exact) mass is 392 g/mol. The minimum absolute atomic E-state index is 0.180. The Morgan fingerprint density at radius 3 is 2.86 bits per heavy atom. The van der Waals surface area contributed by atoms with E-state index in [0.717, 1.165) is 16.0 Å². The quantitative estimate of drug-likeness (QED) is 0.417. The van der Waals surface area contributed by atoms with Crippen molar-refractivity contribution >= 4 is 33.7 Å². The Labute approximate surface area is 164 Å². The van der Waals surface area contributed by atoms with Gasteiger partial charge in [-0.25, -0.2) is 10.4 Å². The third-order valence-electron chi connectivity index (χ3n) is 4.16. The van der Waals surface area contributed by atoms with E-state index in [-0.39, 0.29) is 12.1 Å². The molecule has 0 atom stereocenters. The summed E-state index contributed by atoms with van der Waals surface area (Å²) < 4.78 is 6.38. The van der Waals surface area contributed by atoms with Crippen molar-refractivity contribution in [1.82, 2.24) is 15.0 Å². The molecule has 1 amide bonds. The first-order valence-electron chi connectivity index (χ1n) is 8.53. The highest BCUT2D eigenvalue weighted by molar-refractivity contribution is 7.19. The molecule has 3 aromatic heterocycles. The van der Waals surface area contributed by atoms with Gasteiger partial charge in [0.15, 0.2) is 0 Å². The summed E-state index contributed by atoms with van der Waals surface area (Å²) >= 11 is 1.47.